The molecule has 2 atom stereocenters. The molecule has 5 nitrogen and oxygen atoms in total. The largest absolute Gasteiger partial charge is 0.494 e. The van der Waals surface area contributed by atoms with E-state index in [9.17, 15) is 0 Å². The van der Waals surface area contributed by atoms with Crippen LogP contribution in [0.15, 0.2) is 79.0 Å². The number of aryl methyl sites for hydroxylation is 2. The lowest BCUT2D eigenvalue weighted by molar-refractivity contribution is 0.340. The van der Waals surface area contributed by atoms with Crippen molar-refractivity contribution >= 4 is 23.0 Å². The van der Waals surface area contributed by atoms with E-state index in [1.165, 1.54) is 28.2 Å². The lowest BCUT2D eigenvalue weighted by Gasteiger charge is -2.28. The van der Waals surface area contributed by atoms with Crippen molar-refractivity contribution in [2.45, 2.75) is 46.2 Å². The maximum Gasteiger partial charge on any atom is 0.174 e. The smallest absolute Gasteiger partial charge is 0.174 e. The van der Waals surface area contributed by atoms with Gasteiger partial charge in [-0.2, -0.15) is 0 Å². The minimum absolute atomic E-state index is 0.0564. The van der Waals surface area contributed by atoms with Crippen molar-refractivity contribution in [2.24, 2.45) is 0 Å². The number of hydrogen-bond acceptors (Lipinski definition) is 3. The Hall–Kier alpha value is -3.64. The second-order valence-electron chi connectivity index (χ2n) is 9.07. The van der Waals surface area contributed by atoms with Gasteiger partial charge in [-0.3, -0.25) is 4.98 Å². The minimum atomic E-state index is -0.0827. The summed E-state index contributed by atoms with van der Waals surface area (Å²) in [6.45, 7) is 9.23. The summed E-state index contributed by atoms with van der Waals surface area (Å²) in [7, 11) is 0. The first-order chi connectivity index (χ1) is 17.5. The molecule has 0 bridgehead atoms. The third kappa shape index (κ3) is 4.26. The molecule has 1 fully saturated rings. The number of rotatable bonds is 7. The Balaban J connectivity index is 1.65. The van der Waals surface area contributed by atoms with Gasteiger partial charge in [-0.05, 0) is 99.1 Å². The molecule has 0 saturated carbocycles. The van der Waals surface area contributed by atoms with Gasteiger partial charge in [0, 0.05) is 29.0 Å². The van der Waals surface area contributed by atoms with E-state index in [2.05, 4.69) is 84.1 Å². The van der Waals surface area contributed by atoms with Crippen molar-refractivity contribution in [3.05, 3.63) is 107 Å². The molecule has 0 radical (unpaired) electrons. The van der Waals surface area contributed by atoms with Crippen molar-refractivity contribution in [1.29, 1.82) is 0 Å². The molecule has 184 valence electrons. The van der Waals surface area contributed by atoms with Crippen LogP contribution in [0, 0.1) is 13.8 Å². The molecule has 2 aromatic heterocycles. The Morgan fingerprint density at radius 2 is 1.72 bits per heavy atom. The number of aromatic nitrogens is 2. The van der Waals surface area contributed by atoms with E-state index in [1.54, 1.807) is 0 Å². The Morgan fingerprint density at radius 1 is 0.972 bits per heavy atom. The minimum Gasteiger partial charge on any atom is -0.494 e. The van der Waals surface area contributed by atoms with Gasteiger partial charge in [0.1, 0.15) is 5.75 Å². The third-order valence-electron chi connectivity index (χ3n) is 6.93. The highest BCUT2D eigenvalue weighted by Gasteiger charge is 2.42. The lowest BCUT2D eigenvalue weighted by atomic mass is 9.96. The van der Waals surface area contributed by atoms with Crippen molar-refractivity contribution in [3.8, 4) is 11.4 Å². The summed E-state index contributed by atoms with van der Waals surface area (Å²) in [6.07, 6.45) is 2.82. The Bertz CT molecular complexity index is 1360. The van der Waals surface area contributed by atoms with Crippen LogP contribution in [0.2, 0.25) is 0 Å². The van der Waals surface area contributed by atoms with Gasteiger partial charge >= 0.3 is 0 Å². The van der Waals surface area contributed by atoms with E-state index in [1.807, 2.05) is 37.4 Å². The Morgan fingerprint density at radius 3 is 2.42 bits per heavy atom. The fraction of sp³-hybridized carbons (Fsp3) is 0.267. The average Bonchev–Trinajstić information content (AvgIpc) is 3.40. The monoisotopic (exact) mass is 496 g/mol. The van der Waals surface area contributed by atoms with Crippen LogP contribution in [-0.2, 0) is 6.42 Å². The van der Waals surface area contributed by atoms with Crippen LogP contribution in [0.5, 0.6) is 5.75 Å². The highest BCUT2D eigenvalue weighted by atomic mass is 32.1. The third-order valence-corrected chi connectivity index (χ3v) is 7.24. The van der Waals surface area contributed by atoms with Gasteiger partial charge in [0.25, 0.3) is 0 Å². The van der Waals surface area contributed by atoms with Crippen molar-refractivity contribution in [2.75, 3.05) is 11.5 Å². The van der Waals surface area contributed by atoms with Gasteiger partial charge in [0.05, 0.1) is 24.4 Å². The number of benzene rings is 2. The second-order valence-corrected chi connectivity index (χ2v) is 9.45. The molecule has 5 rings (SSSR count). The number of nitrogens with one attached hydrogen (secondary N) is 1. The lowest BCUT2D eigenvalue weighted by Crippen LogP contribution is -2.29. The first-order valence-corrected chi connectivity index (χ1v) is 12.9. The van der Waals surface area contributed by atoms with E-state index < -0.39 is 0 Å². The van der Waals surface area contributed by atoms with Crippen LogP contribution in [0.25, 0.3) is 5.69 Å². The number of anilines is 1. The van der Waals surface area contributed by atoms with E-state index in [4.69, 9.17) is 21.9 Å². The SMILES string of the molecule is CCOc1ccc(N2C(=S)N[C@H](c3ccccn3)[C@H]2c2cc(C)n(-c3ccccc3CC)c2C)cc1. The molecule has 3 heterocycles. The quantitative estimate of drug-likeness (QED) is 0.291. The van der Waals surface area contributed by atoms with Gasteiger partial charge < -0.3 is 19.5 Å². The average molecular weight is 497 g/mol. The topological polar surface area (TPSA) is 42.3 Å². The van der Waals surface area contributed by atoms with Gasteiger partial charge in [0.2, 0.25) is 0 Å². The molecule has 0 unspecified atom stereocenters. The molecule has 1 aliphatic heterocycles. The normalized spacial score (nSPS) is 17.3. The van der Waals surface area contributed by atoms with Crippen LogP contribution >= 0.6 is 12.2 Å². The molecule has 1 saturated heterocycles. The summed E-state index contributed by atoms with van der Waals surface area (Å²) in [5, 5.41) is 4.27. The number of hydrogen-bond donors (Lipinski definition) is 1. The zero-order chi connectivity index (χ0) is 25.2. The van der Waals surface area contributed by atoms with Crippen LogP contribution in [-0.4, -0.2) is 21.3 Å². The molecule has 1 aliphatic rings. The molecular formula is C30H32N4OS. The first kappa shape index (κ1) is 24.1. The van der Waals surface area contributed by atoms with Crippen molar-refractivity contribution in [3.63, 3.8) is 0 Å². The van der Waals surface area contributed by atoms with E-state index in [0.29, 0.717) is 11.7 Å². The zero-order valence-electron chi connectivity index (χ0n) is 21.2. The van der Waals surface area contributed by atoms with E-state index in [0.717, 1.165) is 23.6 Å². The zero-order valence-corrected chi connectivity index (χ0v) is 22.0. The fourth-order valence-corrected chi connectivity index (χ4v) is 5.65. The van der Waals surface area contributed by atoms with Crippen LogP contribution < -0.4 is 15.0 Å². The predicted molar refractivity (Wildman–Crippen MR) is 150 cm³/mol. The Labute approximate surface area is 218 Å². The fourth-order valence-electron chi connectivity index (χ4n) is 5.30. The highest BCUT2D eigenvalue weighted by molar-refractivity contribution is 7.80. The highest BCUT2D eigenvalue weighted by Crippen LogP contribution is 2.44. The van der Waals surface area contributed by atoms with Gasteiger partial charge in [-0.1, -0.05) is 31.2 Å². The molecule has 0 spiro atoms. The molecule has 0 aliphatic carbocycles. The van der Waals surface area contributed by atoms with Crippen LogP contribution in [0.1, 0.15) is 54.1 Å². The first-order valence-electron chi connectivity index (χ1n) is 12.5. The molecule has 1 N–H and O–H groups in total. The van der Waals surface area contributed by atoms with Crippen LogP contribution in [0.4, 0.5) is 5.69 Å². The molecule has 36 heavy (non-hydrogen) atoms. The molecular weight excluding hydrogens is 464 g/mol. The molecule has 2 aromatic carbocycles. The maximum absolute atomic E-state index is 5.93. The van der Waals surface area contributed by atoms with Gasteiger partial charge in [0.15, 0.2) is 5.11 Å². The molecule has 4 aromatic rings. The number of thiocarbonyl (C=S) groups is 1. The molecule has 0 amide bonds. The number of pyridine rings is 1. The second kappa shape index (κ2) is 10.2. The number of para-hydroxylation sites is 1. The number of ether oxygens (including phenoxy) is 1. The van der Waals surface area contributed by atoms with Crippen molar-refractivity contribution in [1.82, 2.24) is 14.9 Å². The summed E-state index contributed by atoms with van der Waals surface area (Å²) in [5.41, 5.74) is 8.20. The van der Waals surface area contributed by atoms with E-state index >= 15 is 0 Å². The molecule has 6 heteroatoms. The van der Waals surface area contributed by atoms with Crippen LogP contribution in [0.3, 0.4) is 0 Å². The standard InChI is InChI=1S/C30H32N4OS/c1-5-22-11-7-8-13-27(22)33-20(3)19-25(21(33)4)29-28(26-12-9-10-18-31-26)32-30(36)34(29)23-14-16-24(17-15-23)35-6-2/h7-19,28-29H,5-6H2,1-4H3,(H,32,36)/t28-,29-/m1/s1. The maximum atomic E-state index is 5.93. The van der Waals surface area contributed by atoms with E-state index in [-0.39, 0.29) is 12.1 Å². The van der Waals surface area contributed by atoms with Gasteiger partial charge in [-0.15, -0.1) is 0 Å². The van der Waals surface area contributed by atoms with Crippen molar-refractivity contribution < 1.29 is 4.74 Å². The number of nitrogens with zero attached hydrogens (tertiary/aromatic N) is 3. The summed E-state index contributed by atoms with van der Waals surface area (Å²) in [6, 6.07) is 25.0. The predicted octanol–water partition coefficient (Wildman–Crippen LogP) is 6.63. The summed E-state index contributed by atoms with van der Waals surface area (Å²) in [4.78, 5) is 6.93. The van der Waals surface area contributed by atoms with Gasteiger partial charge in [-0.25, -0.2) is 0 Å². The Kier molecular flexibility index (Phi) is 6.79. The summed E-state index contributed by atoms with van der Waals surface area (Å²) >= 11 is 5.93. The summed E-state index contributed by atoms with van der Waals surface area (Å²) < 4.78 is 8.06. The summed E-state index contributed by atoms with van der Waals surface area (Å²) in [5.74, 6) is 0.853.